The minimum absolute atomic E-state index is 0.111. The molecular weight excluding hydrogens is 417 g/mol. The van der Waals surface area contributed by atoms with Gasteiger partial charge in [0.1, 0.15) is 16.9 Å². The topological polar surface area (TPSA) is 91.7 Å². The summed E-state index contributed by atoms with van der Waals surface area (Å²) in [4.78, 5) is 30.1. The Bertz CT molecular complexity index is 1190. The maximum atomic E-state index is 13.6. The van der Waals surface area contributed by atoms with Crippen LogP contribution in [0, 0.1) is 5.82 Å². The van der Waals surface area contributed by atoms with Gasteiger partial charge in [-0.05, 0) is 41.3 Å². The number of rotatable bonds is 9. The number of methoxy groups -OCH3 is 3. The number of hydrogen-bond acceptors (Lipinski definition) is 6. The molecule has 1 amide bonds. The van der Waals surface area contributed by atoms with E-state index in [-0.39, 0.29) is 30.3 Å². The van der Waals surface area contributed by atoms with Crippen LogP contribution in [0.2, 0.25) is 0 Å². The van der Waals surface area contributed by atoms with Gasteiger partial charge >= 0.3 is 0 Å². The SMILES string of the molecule is COCCNC(=O)c1c(OC)c2ncc(Cc3ccc(F)cc3COC)cc2n(C)c1=O. The van der Waals surface area contributed by atoms with Gasteiger partial charge in [-0.3, -0.25) is 14.6 Å². The summed E-state index contributed by atoms with van der Waals surface area (Å²) in [5.74, 6) is -0.768. The number of amides is 1. The molecule has 1 N–H and O–H groups in total. The monoisotopic (exact) mass is 443 g/mol. The van der Waals surface area contributed by atoms with E-state index in [9.17, 15) is 14.0 Å². The van der Waals surface area contributed by atoms with Crippen molar-refractivity contribution >= 4 is 16.9 Å². The summed E-state index contributed by atoms with van der Waals surface area (Å²) in [5, 5.41) is 2.65. The average Bonchev–Trinajstić information content (AvgIpc) is 2.78. The number of benzene rings is 1. The Labute approximate surface area is 184 Å². The van der Waals surface area contributed by atoms with Crippen molar-refractivity contribution in [1.29, 1.82) is 0 Å². The van der Waals surface area contributed by atoms with E-state index >= 15 is 0 Å². The predicted molar refractivity (Wildman–Crippen MR) is 118 cm³/mol. The van der Waals surface area contributed by atoms with Crippen molar-refractivity contribution in [2.24, 2.45) is 7.05 Å². The molecule has 2 heterocycles. The third kappa shape index (κ3) is 4.79. The summed E-state index contributed by atoms with van der Waals surface area (Å²) in [5.41, 5.74) is 2.75. The average molecular weight is 443 g/mol. The van der Waals surface area contributed by atoms with Crippen LogP contribution in [0.3, 0.4) is 0 Å². The maximum Gasteiger partial charge on any atom is 0.267 e. The molecule has 8 nitrogen and oxygen atoms in total. The van der Waals surface area contributed by atoms with Crippen molar-refractivity contribution in [3.8, 4) is 5.75 Å². The molecule has 2 aromatic heterocycles. The minimum atomic E-state index is -0.553. The van der Waals surface area contributed by atoms with E-state index in [1.165, 1.54) is 30.9 Å². The molecule has 0 spiro atoms. The highest BCUT2D eigenvalue weighted by Gasteiger charge is 2.23. The van der Waals surface area contributed by atoms with Gasteiger partial charge in [-0.25, -0.2) is 4.39 Å². The Morgan fingerprint density at radius 2 is 1.94 bits per heavy atom. The zero-order chi connectivity index (χ0) is 23.3. The van der Waals surface area contributed by atoms with Crippen LogP contribution in [0.1, 0.15) is 27.0 Å². The lowest BCUT2D eigenvalue weighted by molar-refractivity contribution is 0.0932. The molecule has 1 aromatic carbocycles. The van der Waals surface area contributed by atoms with Gasteiger partial charge in [0.15, 0.2) is 5.75 Å². The standard InChI is InChI=1S/C23H26FN3O5/c1-27-18-10-14(9-15-5-6-17(24)11-16(15)13-31-3)12-26-20(18)21(32-4)19(23(27)29)22(28)25-7-8-30-2/h5-6,10-12H,7-9,13H2,1-4H3,(H,25,28). The zero-order valence-electron chi connectivity index (χ0n) is 18.5. The largest absolute Gasteiger partial charge is 0.493 e. The summed E-state index contributed by atoms with van der Waals surface area (Å²) < 4.78 is 30.5. The highest BCUT2D eigenvalue weighted by molar-refractivity contribution is 6.01. The summed E-state index contributed by atoms with van der Waals surface area (Å²) >= 11 is 0. The number of aromatic nitrogens is 2. The van der Waals surface area contributed by atoms with E-state index in [1.54, 1.807) is 26.4 Å². The smallest absolute Gasteiger partial charge is 0.267 e. The molecule has 0 fully saturated rings. The van der Waals surface area contributed by atoms with Crippen LogP contribution in [-0.4, -0.2) is 49.9 Å². The first-order valence-corrected chi connectivity index (χ1v) is 10.00. The van der Waals surface area contributed by atoms with Crippen LogP contribution in [0.15, 0.2) is 35.3 Å². The van der Waals surface area contributed by atoms with E-state index in [1.807, 2.05) is 6.07 Å². The van der Waals surface area contributed by atoms with E-state index in [4.69, 9.17) is 14.2 Å². The third-order valence-corrected chi connectivity index (χ3v) is 5.13. The van der Waals surface area contributed by atoms with Crippen LogP contribution < -0.4 is 15.6 Å². The highest BCUT2D eigenvalue weighted by Crippen LogP contribution is 2.27. The lowest BCUT2D eigenvalue weighted by Crippen LogP contribution is -2.34. The number of aryl methyl sites for hydroxylation is 1. The fourth-order valence-corrected chi connectivity index (χ4v) is 3.55. The number of carbonyl (C=O) groups excluding carboxylic acids is 1. The fraction of sp³-hybridized carbons (Fsp3) is 0.348. The van der Waals surface area contributed by atoms with Crippen molar-refractivity contribution in [2.75, 3.05) is 34.5 Å². The van der Waals surface area contributed by atoms with Gasteiger partial charge in [-0.1, -0.05) is 6.07 Å². The van der Waals surface area contributed by atoms with Gasteiger partial charge in [0, 0.05) is 34.0 Å². The third-order valence-electron chi connectivity index (χ3n) is 5.13. The minimum Gasteiger partial charge on any atom is -0.493 e. The van der Waals surface area contributed by atoms with E-state index in [2.05, 4.69) is 10.3 Å². The number of ether oxygens (including phenoxy) is 3. The first kappa shape index (κ1) is 23.4. The first-order chi connectivity index (χ1) is 15.4. The van der Waals surface area contributed by atoms with Crippen molar-refractivity contribution in [3.63, 3.8) is 0 Å². The molecule has 32 heavy (non-hydrogen) atoms. The highest BCUT2D eigenvalue weighted by atomic mass is 19.1. The number of halogens is 1. The number of carbonyl (C=O) groups is 1. The van der Waals surface area contributed by atoms with Gasteiger partial charge in [-0.15, -0.1) is 0 Å². The second-order valence-corrected chi connectivity index (χ2v) is 7.26. The van der Waals surface area contributed by atoms with Crippen molar-refractivity contribution in [3.05, 3.63) is 68.9 Å². The number of nitrogens with zero attached hydrogens (tertiary/aromatic N) is 2. The van der Waals surface area contributed by atoms with Crippen LogP contribution in [0.25, 0.3) is 11.0 Å². The van der Waals surface area contributed by atoms with Gasteiger partial charge in [0.05, 0.1) is 25.8 Å². The van der Waals surface area contributed by atoms with E-state index < -0.39 is 11.5 Å². The second kappa shape index (κ2) is 10.3. The molecule has 0 radical (unpaired) electrons. The molecule has 0 aliphatic carbocycles. The van der Waals surface area contributed by atoms with Gasteiger partial charge < -0.3 is 24.1 Å². The van der Waals surface area contributed by atoms with Crippen molar-refractivity contribution in [1.82, 2.24) is 14.9 Å². The molecule has 3 rings (SSSR count). The molecule has 0 aliphatic heterocycles. The lowest BCUT2D eigenvalue weighted by atomic mass is 10.0. The number of hydrogen-bond donors (Lipinski definition) is 1. The van der Waals surface area contributed by atoms with Crippen LogP contribution in [0.5, 0.6) is 5.75 Å². The van der Waals surface area contributed by atoms with E-state index in [0.717, 1.165) is 16.7 Å². The molecule has 3 aromatic rings. The van der Waals surface area contributed by atoms with Crippen LogP contribution >= 0.6 is 0 Å². The Kier molecular flexibility index (Phi) is 7.55. The molecule has 9 heteroatoms. The molecule has 0 bridgehead atoms. The summed E-state index contributed by atoms with van der Waals surface area (Å²) in [6.45, 7) is 0.855. The van der Waals surface area contributed by atoms with Gasteiger partial charge in [-0.2, -0.15) is 0 Å². The molecule has 0 aliphatic rings. The Hall–Kier alpha value is -3.30. The van der Waals surface area contributed by atoms with Crippen molar-refractivity contribution in [2.45, 2.75) is 13.0 Å². The van der Waals surface area contributed by atoms with Crippen LogP contribution in [-0.2, 0) is 29.5 Å². The number of pyridine rings is 2. The lowest BCUT2D eigenvalue weighted by Gasteiger charge is -2.15. The molecule has 0 atom stereocenters. The first-order valence-electron chi connectivity index (χ1n) is 10.00. The van der Waals surface area contributed by atoms with Gasteiger partial charge in [0.25, 0.3) is 11.5 Å². The molecule has 170 valence electrons. The van der Waals surface area contributed by atoms with E-state index in [0.29, 0.717) is 24.1 Å². The van der Waals surface area contributed by atoms with Crippen molar-refractivity contribution < 1.29 is 23.4 Å². The second-order valence-electron chi connectivity index (χ2n) is 7.26. The Morgan fingerprint density at radius 3 is 2.62 bits per heavy atom. The van der Waals surface area contributed by atoms with Gasteiger partial charge in [0.2, 0.25) is 0 Å². The predicted octanol–water partition coefficient (Wildman–Crippen LogP) is 2.19. The molecular formula is C23H26FN3O5. The number of nitrogens with one attached hydrogen (secondary N) is 1. The quantitative estimate of drug-likeness (QED) is 0.510. The normalized spacial score (nSPS) is 11.0. The fourth-order valence-electron chi connectivity index (χ4n) is 3.55. The number of fused-ring (bicyclic) bond motifs is 1. The Morgan fingerprint density at radius 1 is 1.16 bits per heavy atom. The summed E-state index contributed by atoms with van der Waals surface area (Å²) in [6.07, 6.45) is 2.12. The van der Waals surface area contributed by atoms with Crippen LogP contribution in [0.4, 0.5) is 4.39 Å². The summed E-state index contributed by atoms with van der Waals surface area (Å²) in [6, 6.07) is 6.37. The maximum absolute atomic E-state index is 13.6. The molecule has 0 unspecified atom stereocenters. The summed E-state index contributed by atoms with van der Waals surface area (Å²) in [7, 11) is 6.05. The Balaban J connectivity index is 2.05. The molecule has 0 saturated heterocycles. The molecule has 0 saturated carbocycles. The zero-order valence-corrected chi connectivity index (χ0v) is 18.5.